The zero-order valence-electron chi connectivity index (χ0n) is 24.7. The van der Waals surface area contributed by atoms with E-state index in [9.17, 15) is 14.2 Å². The van der Waals surface area contributed by atoms with E-state index in [1.54, 1.807) is 0 Å². The molecular weight excluding hydrogens is 602 g/mol. The van der Waals surface area contributed by atoms with Crippen molar-refractivity contribution in [1.82, 2.24) is 10.6 Å². The number of hydrogen-bond acceptors (Lipinski definition) is 11. The smallest absolute Gasteiger partial charge is 0.377 e. The summed E-state index contributed by atoms with van der Waals surface area (Å²) in [5.74, 6) is 1.47. The van der Waals surface area contributed by atoms with Gasteiger partial charge in [-0.15, -0.1) is 0 Å². The molecule has 246 valence electrons. The predicted octanol–water partition coefficient (Wildman–Crippen LogP) is 1.92. The number of phosphoric ester groups is 1. The molecule has 41 heavy (non-hydrogen) atoms. The molecule has 17 heteroatoms. The number of carbonyl (C=O) groups excluding carboxylic acids is 2. The van der Waals surface area contributed by atoms with Crippen molar-refractivity contribution >= 4 is 45.3 Å². The number of amides is 2. The Balaban J connectivity index is 0. The van der Waals surface area contributed by atoms with E-state index in [2.05, 4.69) is 42.2 Å². The third-order valence-corrected chi connectivity index (χ3v) is 6.27. The van der Waals surface area contributed by atoms with Gasteiger partial charge in [-0.25, -0.2) is 4.57 Å². The molecule has 0 fully saturated rings. The molecule has 0 saturated heterocycles. The zero-order chi connectivity index (χ0) is 31.4. The third kappa shape index (κ3) is 44.0. The topological polar surface area (TPSA) is 202 Å². The second kappa shape index (κ2) is 28.2. The number of ether oxygens (including phenoxy) is 3. The fourth-order valence-electron chi connectivity index (χ4n) is 2.51. The summed E-state index contributed by atoms with van der Waals surface area (Å²) in [7, 11) is -7.85. The summed E-state index contributed by atoms with van der Waals surface area (Å²) >= 11 is 1.39. The maximum Gasteiger partial charge on any atom is 0.469 e. The first-order chi connectivity index (χ1) is 19.2. The second-order valence-electron chi connectivity index (χ2n) is 9.31. The van der Waals surface area contributed by atoms with Crippen LogP contribution >= 0.6 is 27.2 Å². The standard InChI is InChI=1S/C20H42N2O12P2S.C4H10/c1-35(25,26)33-9-5-3-2-4-7-21-20(24)18-37-17-6-19(23)22-8-10-30-11-12-31-13-14-32-15-16-34-36(27,28)29;1-4(2)3/h25-26H,1-18H2,(H,21,24)(H,22,23)(H2,27,28,29);4H,1-3H3. The average Bonchev–Trinajstić information content (AvgIpc) is 2.84. The predicted molar refractivity (Wildman–Crippen MR) is 162 cm³/mol. The van der Waals surface area contributed by atoms with E-state index in [-0.39, 0.29) is 38.2 Å². The van der Waals surface area contributed by atoms with Gasteiger partial charge in [0.2, 0.25) is 19.4 Å². The highest BCUT2D eigenvalue weighted by Crippen LogP contribution is 2.35. The highest BCUT2D eigenvalue weighted by molar-refractivity contribution is 7.99. The summed E-state index contributed by atoms with van der Waals surface area (Å²) in [6.07, 6.45) is 6.70. The van der Waals surface area contributed by atoms with Gasteiger partial charge in [-0.3, -0.25) is 14.1 Å². The van der Waals surface area contributed by atoms with Crippen molar-refractivity contribution in [2.24, 2.45) is 5.92 Å². The van der Waals surface area contributed by atoms with Gasteiger partial charge >= 0.3 is 7.82 Å². The quantitative estimate of drug-likeness (QED) is 0.0584. The minimum absolute atomic E-state index is 0.0493. The van der Waals surface area contributed by atoms with Gasteiger partial charge in [-0.1, -0.05) is 33.6 Å². The molecule has 0 heterocycles. The van der Waals surface area contributed by atoms with Gasteiger partial charge in [0.15, 0.2) is 0 Å². The van der Waals surface area contributed by atoms with Crippen LogP contribution in [-0.2, 0) is 37.4 Å². The van der Waals surface area contributed by atoms with Crippen LogP contribution in [-0.4, -0.2) is 115 Å². The van der Waals surface area contributed by atoms with Crippen LogP contribution in [0.5, 0.6) is 0 Å². The Morgan fingerprint density at radius 1 is 0.732 bits per heavy atom. The fraction of sp³-hybridized carbons (Fsp3) is 0.875. The fourth-order valence-corrected chi connectivity index (χ4v) is 4.00. The Hall–Kier alpha value is -0.540. The molecule has 0 aromatic rings. The van der Waals surface area contributed by atoms with Crippen molar-refractivity contribution in [1.29, 1.82) is 0 Å². The number of unbranched alkanes of at least 4 members (excludes halogenated alkanes) is 3. The molecule has 0 aromatic carbocycles. The summed E-state index contributed by atoms with van der Waals surface area (Å²) < 4.78 is 35.1. The molecule has 14 nitrogen and oxygen atoms in total. The van der Waals surface area contributed by atoms with Crippen LogP contribution in [0, 0.1) is 5.92 Å². The number of rotatable bonds is 26. The molecule has 2 amide bonds. The molecule has 0 saturated carbocycles. The van der Waals surface area contributed by atoms with Crippen LogP contribution in [0.15, 0.2) is 0 Å². The number of hydrogen-bond donors (Lipinski definition) is 6. The normalized spacial score (nSPS) is 11.7. The molecule has 0 rings (SSSR count). The molecule has 0 radical (unpaired) electrons. The first-order valence-corrected chi connectivity index (χ1v) is 18.1. The van der Waals surface area contributed by atoms with Crippen molar-refractivity contribution in [3.8, 4) is 0 Å². The number of phosphoric acid groups is 1. The highest BCUT2D eigenvalue weighted by Gasteiger charge is 2.12. The van der Waals surface area contributed by atoms with Crippen LogP contribution < -0.4 is 10.6 Å². The van der Waals surface area contributed by atoms with Gasteiger partial charge in [0, 0.05) is 25.3 Å². The van der Waals surface area contributed by atoms with Gasteiger partial charge in [0.1, 0.15) is 0 Å². The van der Waals surface area contributed by atoms with E-state index in [0.29, 0.717) is 63.9 Å². The van der Waals surface area contributed by atoms with Gasteiger partial charge in [0.25, 0.3) is 0 Å². The zero-order valence-corrected chi connectivity index (χ0v) is 27.3. The molecular formula is C24H52N2O12P2S. The molecule has 0 unspecified atom stereocenters. The summed E-state index contributed by atoms with van der Waals surface area (Å²) in [5.41, 5.74) is 0. The monoisotopic (exact) mass is 654 g/mol. The summed E-state index contributed by atoms with van der Waals surface area (Å²) in [4.78, 5) is 58.5. The number of carbonyl (C=O) groups is 2. The van der Waals surface area contributed by atoms with Gasteiger partial charge in [0.05, 0.1) is 58.6 Å². The molecule has 0 atom stereocenters. The van der Waals surface area contributed by atoms with E-state index >= 15 is 0 Å². The van der Waals surface area contributed by atoms with Crippen LogP contribution in [0.4, 0.5) is 0 Å². The van der Waals surface area contributed by atoms with Crippen LogP contribution in [0.2, 0.25) is 0 Å². The van der Waals surface area contributed by atoms with Crippen molar-refractivity contribution in [3.63, 3.8) is 0 Å². The van der Waals surface area contributed by atoms with Gasteiger partial charge in [-0.05, 0) is 25.1 Å². The first kappa shape index (κ1) is 42.6. The third-order valence-electron chi connectivity index (χ3n) is 4.20. The van der Waals surface area contributed by atoms with E-state index in [0.717, 1.165) is 25.2 Å². The van der Waals surface area contributed by atoms with Crippen molar-refractivity contribution < 1.29 is 57.0 Å². The Bertz CT molecular complexity index is 735. The minimum Gasteiger partial charge on any atom is -0.377 e. The molecule has 0 aromatic heterocycles. The Kier molecular flexibility index (Phi) is 29.3. The lowest BCUT2D eigenvalue weighted by Gasteiger charge is -2.10. The lowest BCUT2D eigenvalue weighted by atomic mass is 10.2. The Morgan fingerprint density at radius 2 is 1.24 bits per heavy atom. The molecule has 0 aliphatic heterocycles. The second-order valence-corrected chi connectivity index (χ2v) is 13.2. The number of nitrogens with one attached hydrogen (secondary N) is 2. The van der Waals surface area contributed by atoms with Crippen molar-refractivity contribution in [2.75, 3.05) is 77.5 Å². The largest absolute Gasteiger partial charge is 0.469 e. The molecule has 0 spiro atoms. The maximum atomic E-state index is 11.8. The molecule has 0 aliphatic rings. The summed E-state index contributed by atoms with van der Waals surface area (Å²) in [6.45, 7) is 9.15. The highest BCUT2D eigenvalue weighted by atomic mass is 32.2. The summed E-state index contributed by atoms with van der Waals surface area (Å²) in [6, 6.07) is 0. The van der Waals surface area contributed by atoms with E-state index in [1.807, 2.05) is 0 Å². The maximum absolute atomic E-state index is 11.8. The summed E-state index contributed by atoms with van der Waals surface area (Å²) in [5, 5.41) is 5.57. The van der Waals surface area contributed by atoms with E-state index in [1.165, 1.54) is 11.8 Å². The molecule has 0 aliphatic carbocycles. The van der Waals surface area contributed by atoms with Crippen LogP contribution in [0.25, 0.3) is 0 Å². The lowest BCUT2D eigenvalue weighted by Crippen LogP contribution is -2.28. The van der Waals surface area contributed by atoms with E-state index in [4.69, 9.17) is 38.3 Å². The van der Waals surface area contributed by atoms with Gasteiger partial charge in [-0.2, -0.15) is 11.8 Å². The Morgan fingerprint density at radius 3 is 1.80 bits per heavy atom. The SMILES string of the molecule is C=P(O)(O)OCCCCCCNC(=O)CSCCC(=O)NCCOCCOCCOCCOP(=O)(O)O.CC(C)C. The molecule has 6 N–H and O–H groups in total. The molecule has 0 bridgehead atoms. The van der Waals surface area contributed by atoms with E-state index < -0.39 is 15.4 Å². The first-order valence-electron chi connectivity index (χ1n) is 13.6. The minimum atomic E-state index is -4.46. The van der Waals surface area contributed by atoms with Gasteiger partial charge < -0.3 is 48.9 Å². The Labute approximate surface area is 249 Å². The lowest BCUT2D eigenvalue weighted by molar-refractivity contribution is -0.121. The number of thioether (sulfide) groups is 1. The van der Waals surface area contributed by atoms with Crippen molar-refractivity contribution in [2.45, 2.75) is 52.9 Å². The van der Waals surface area contributed by atoms with Crippen LogP contribution in [0.3, 0.4) is 0 Å². The van der Waals surface area contributed by atoms with Crippen LogP contribution in [0.1, 0.15) is 52.9 Å². The van der Waals surface area contributed by atoms with Crippen molar-refractivity contribution in [3.05, 3.63) is 0 Å². The average molecular weight is 655 g/mol.